The monoisotopic (exact) mass is 237 g/mol. The fraction of sp³-hybridized carbons (Fsp3) is 0.778. The van der Waals surface area contributed by atoms with E-state index in [0.29, 0.717) is 6.42 Å². The fourth-order valence-corrected chi connectivity index (χ4v) is 1.20. The molecule has 2 atom stereocenters. The van der Waals surface area contributed by atoms with Crippen molar-refractivity contribution in [2.45, 2.75) is 38.9 Å². The number of nitrogens with zero attached hydrogens (tertiary/aromatic N) is 2. The molecule has 1 rings (SSSR count). The van der Waals surface area contributed by atoms with Crippen LogP contribution in [-0.2, 0) is 11.7 Å². The maximum Gasteiger partial charge on any atom is 0.471 e. The van der Waals surface area contributed by atoms with E-state index in [4.69, 9.17) is 5.73 Å². The van der Waals surface area contributed by atoms with Crippen LogP contribution in [0.4, 0.5) is 13.2 Å². The first-order chi connectivity index (χ1) is 7.19. The van der Waals surface area contributed by atoms with Gasteiger partial charge >= 0.3 is 12.1 Å². The molecule has 2 unspecified atom stereocenters. The van der Waals surface area contributed by atoms with Gasteiger partial charge < -0.3 is 10.3 Å². The molecule has 0 saturated heterocycles. The topological polar surface area (TPSA) is 64.9 Å². The summed E-state index contributed by atoms with van der Waals surface area (Å²) in [5.41, 5.74) is 4.87. The third-order valence-corrected chi connectivity index (χ3v) is 2.79. The average Bonchev–Trinajstić information content (AvgIpc) is 2.64. The second-order valence-electron chi connectivity index (χ2n) is 4.01. The Morgan fingerprint density at radius 2 is 2.00 bits per heavy atom. The summed E-state index contributed by atoms with van der Waals surface area (Å²) in [5, 5.41) is 3.29. The maximum atomic E-state index is 12.2. The first kappa shape index (κ1) is 13.0. The Morgan fingerprint density at radius 1 is 1.44 bits per heavy atom. The molecule has 1 aromatic heterocycles. The quantitative estimate of drug-likeness (QED) is 0.876. The molecule has 0 saturated carbocycles. The van der Waals surface area contributed by atoms with Gasteiger partial charge in [-0.1, -0.05) is 25.4 Å². The van der Waals surface area contributed by atoms with Crippen LogP contribution in [-0.4, -0.2) is 10.1 Å². The second kappa shape index (κ2) is 4.04. The molecule has 0 aliphatic heterocycles. The number of rotatable bonds is 3. The highest BCUT2D eigenvalue weighted by Gasteiger charge is 2.41. The molecule has 0 amide bonds. The lowest BCUT2D eigenvalue weighted by atomic mass is 9.85. The van der Waals surface area contributed by atoms with Gasteiger partial charge in [0, 0.05) is 0 Å². The minimum absolute atomic E-state index is 0.0498. The summed E-state index contributed by atoms with van der Waals surface area (Å²) in [5.74, 6) is -1.53. The SMILES string of the molecule is CCC(C)C(C)(N)c1noc(C(F)(F)F)n1. The molecular weight excluding hydrogens is 223 g/mol. The number of aromatic nitrogens is 2. The van der Waals surface area contributed by atoms with E-state index in [9.17, 15) is 13.2 Å². The van der Waals surface area contributed by atoms with Gasteiger partial charge in [0.1, 0.15) is 0 Å². The Balaban J connectivity index is 3.02. The molecule has 92 valence electrons. The van der Waals surface area contributed by atoms with Crippen molar-refractivity contribution in [1.82, 2.24) is 10.1 Å². The number of nitrogens with two attached hydrogens (primary N) is 1. The van der Waals surface area contributed by atoms with E-state index in [0.717, 1.165) is 0 Å². The predicted octanol–water partition coefficient (Wildman–Crippen LogP) is 2.31. The summed E-state index contributed by atoms with van der Waals surface area (Å²) in [6, 6.07) is 0. The molecule has 0 fully saturated rings. The summed E-state index contributed by atoms with van der Waals surface area (Å²) < 4.78 is 40.8. The van der Waals surface area contributed by atoms with E-state index >= 15 is 0 Å². The van der Waals surface area contributed by atoms with Gasteiger partial charge in [-0.3, -0.25) is 0 Å². The number of hydrogen-bond acceptors (Lipinski definition) is 4. The summed E-state index contributed by atoms with van der Waals surface area (Å²) in [6.07, 6.45) is -3.92. The van der Waals surface area contributed by atoms with Crippen LogP contribution in [0.5, 0.6) is 0 Å². The molecule has 0 aromatic carbocycles. The summed E-state index contributed by atoms with van der Waals surface area (Å²) >= 11 is 0. The first-order valence-electron chi connectivity index (χ1n) is 4.89. The van der Waals surface area contributed by atoms with Crippen molar-refractivity contribution in [2.75, 3.05) is 0 Å². The molecule has 0 radical (unpaired) electrons. The van der Waals surface area contributed by atoms with Crippen molar-refractivity contribution in [3.63, 3.8) is 0 Å². The number of alkyl halides is 3. The smallest absolute Gasteiger partial charge is 0.329 e. The van der Waals surface area contributed by atoms with Crippen molar-refractivity contribution in [1.29, 1.82) is 0 Å². The maximum absolute atomic E-state index is 12.2. The standard InChI is InChI=1S/C9H14F3N3O/c1-4-5(2)8(3,13)6-14-7(16-15-6)9(10,11)12/h5H,4,13H2,1-3H3. The van der Waals surface area contributed by atoms with Gasteiger partial charge in [-0.05, 0) is 12.8 Å². The van der Waals surface area contributed by atoms with Gasteiger partial charge in [-0.25, -0.2) is 0 Å². The van der Waals surface area contributed by atoms with Gasteiger partial charge in [-0.15, -0.1) is 0 Å². The molecule has 1 heterocycles. The predicted molar refractivity (Wildman–Crippen MR) is 50.3 cm³/mol. The highest BCUT2D eigenvalue weighted by Crippen LogP contribution is 2.31. The van der Waals surface area contributed by atoms with Crippen LogP contribution >= 0.6 is 0 Å². The van der Waals surface area contributed by atoms with Crippen molar-refractivity contribution >= 4 is 0 Å². The molecule has 7 heteroatoms. The molecule has 16 heavy (non-hydrogen) atoms. The molecule has 1 aromatic rings. The van der Waals surface area contributed by atoms with Crippen molar-refractivity contribution in [2.24, 2.45) is 11.7 Å². The lowest BCUT2D eigenvalue weighted by Crippen LogP contribution is -2.40. The van der Waals surface area contributed by atoms with E-state index in [2.05, 4.69) is 14.7 Å². The van der Waals surface area contributed by atoms with E-state index in [1.807, 2.05) is 13.8 Å². The van der Waals surface area contributed by atoms with Crippen LogP contribution in [0.1, 0.15) is 38.9 Å². The van der Waals surface area contributed by atoms with Gasteiger partial charge in [0.15, 0.2) is 5.82 Å². The highest BCUT2D eigenvalue weighted by molar-refractivity contribution is 5.04. The molecule has 2 N–H and O–H groups in total. The molecule has 0 bridgehead atoms. The Kier molecular flexibility index (Phi) is 3.27. The zero-order valence-electron chi connectivity index (χ0n) is 9.30. The van der Waals surface area contributed by atoms with E-state index in [1.54, 1.807) is 6.92 Å². The Hall–Kier alpha value is -1.11. The van der Waals surface area contributed by atoms with Gasteiger partial charge in [0.25, 0.3) is 0 Å². The van der Waals surface area contributed by atoms with Crippen molar-refractivity contribution < 1.29 is 17.7 Å². The van der Waals surface area contributed by atoms with Crippen LogP contribution in [0.3, 0.4) is 0 Å². The summed E-state index contributed by atoms with van der Waals surface area (Å²) in [4.78, 5) is 3.29. The normalized spacial score (nSPS) is 18.2. The molecule has 4 nitrogen and oxygen atoms in total. The lowest BCUT2D eigenvalue weighted by Gasteiger charge is -2.27. The van der Waals surface area contributed by atoms with Gasteiger partial charge in [0.05, 0.1) is 5.54 Å². The van der Waals surface area contributed by atoms with Crippen molar-refractivity contribution in [3.8, 4) is 0 Å². The van der Waals surface area contributed by atoms with E-state index in [-0.39, 0.29) is 11.7 Å². The molecular formula is C9H14F3N3O. The van der Waals surface area contributed by atoms with Crippen molar-refractivity contribution in [3.05, 3.63) is 11.7 Å². The first-order valence-corrected chi connectivity index (χ1v) is 4.89. The highest BCUT2D eigenvalue weighted by atomic mass is 19.4. The van der Waals surface area contributed by atoms with Gasteiger partial charge in [-0.2, -0.15) is 18.2 Å². The Bertz CT molecular complexity index is 359. The second-order valence-corrected chi connectivity index (χ2v) is 4.01. The fourth-order valence-electron chi connectivity index (χ4n) is 1.20. The van der Waals surface area contributed by atoms with Crippen LogP contribution in [0, 0.1) is 5.92 Å². The van der Waals surface area contributed by atoms with Crippen LogP contribution in [0.15, 0.2) is 4.52 Å². The molecule has 0 aliphatic carbocycles. The zero-order valence-corrected chi connectivity index (χ0v) is 9.30. The van der Waals surface area contributed by atoms with Crippen LogP contribution in [0.2, 0.25) is 0 Å². The summed E-state index contributed by atoms with van der Waals surface area (Å²) in [7, 11) is 0. The summed E-state index contributed by atoms with van der Waals surface area (Å²) in [6.45, 7) is 5.30. The number of halogens is 3. The van der Waals surface area contributed by atoms with Crippen LogP contribution < -0.4 is 5.73 Å². The van der Waals surface area contributed by atoms with Gasteiger partial charge in [0.2, 0.25) is 0 Å². The third kappa shape index (κ3) is 2.34. The minimum Gasteiger partial charge on any atom is -0.329 e. The van der Waals surface area contributed by atoms with E-state index in [1.165, 1.54) is 0 Å². The third-order valence-electron chi connectivity index (χ3n) is 2.79. The van der Waals surface area contributed by atoms with E-state index < -0.39 is 17.6 Å². The number of hydrogen-bond donors (Lipinski definition) is 1. The average molecular weight is 237 g/mol. The zero-order chi connectivity index (χ0) is 12.6. The Morgan fingerprint density at radius 3 is 2.38 bits per heavy atom. The van der Waals surface area contributed by atoms with Crippen LogP contribution in [0.25, 0.3) is 0 Å². The Labute approximate surface area is 91.0 Å². The lowest BCUT2D eigenvalue weighted by molar-refractivity contribution is -0.159. The largest absolute Gasteiger partial charge is 0.471 e. The minimum atomic E-state index is -4.63. The molecule has 0 aliphatic rings. The molecule has 0 spiro atoms.